The Morgan fingerprint density at radius 2 is 1.97 bits per heavy atom. The molecular formula is C22H22ClFN4O2. The highest BCUT2D eigenvalue weighted by Gasteiger charge is 2.26. The van der Waals surface area contributed by atoms with Gasteiger partial charge < -0.3 is 14.5 Å². The van der Waals surface area contributed by atoms with E-state index in [4.69, 9.17) is 16.3 Å². The van der Waals surface area contributed by atoms with Crippen LogP contribution in [0.3, 0.4) is 0 Å². The zero-order chi connectivity index (χ0) is 21.1. The third kappa shape index (κ3) is 3.98. The zero-order valence-electron chi connectivity index (χ0n) is 16.6. The number of hydrogen-bond donors (Lipinski definition) is 1. The maximum Gasteiger partial charge on any atom is 0.257 e. The van der Waals surface area contributed by atoms with E-state index in [1.807, 2.05) is 24.0 Å². The molecule has 0 unspecified atom stereocenters. The first-order chi connectivity index (χ1) is 14.6. The van der Waals surface area contributed by atoms with Crippen molar-refractivity contribution in [2.75, 3.05) is 37.7 Å². The summed E-state index contributed by atoms with van der Waals surface area (Å²) in [7, 11) is 0. The average Bonchev–Trinajstić information content (AvgIpc) is 3.25. The van der Waals surface area contributed by atoms with Gasteiger partial charge in [-0.2, -0.15) is 5.10 Å². The SMILES string of the molecule is CCOc1ccc(-c2[nH]ncc2C(=O)N2CCN(c3ccccc3F)CC2)cc1Cl. The lowest BCUT2D eigenvalue weighted by molar-refractivity contribution is 0.0747. The Kier molecular flexibility index (Phi) is 5.90. The maximum absolute atomic E-state index is 14.0. The minimum Gasteiger partial charge on any atom is -0.492 e. The van der Waals surface area contributed by atoms with E-state index in [1.165, 1.54) is 12.3 Å². The minimum absolute atomic E-state index is 0.114. The van der Waals surface area contributed by atoms with Gasteiger partial charge >= 0.3 is 0 Å². The van der Waals surface area contributed by atoms with Gasteiger partial charge in [-0.25, -0.2) is 4.39 Å². The summed E-state index contributed by atoms with van der Waals surface area (Å²) >= 11 is 6.30. The molecular weight excluding hydrogens is 407 g/mol. The van der Waals surface area contributed by atoms with E-state index in [2.05, 4.69) is 10.2 Å². The predicted octanol–water partition coefficient (Wildman–Crippen LogP) is 4.23. The fraction of sp³-hybridized carbons (Fsp3) is 0.273. The Hall–Kier alpha value is -3.06. The van der Waals surface area contributed by atoms with Gasteiger partial charge in [-0.1, -0.05) is 23.7 Å². The number of nitrogens with one attached hydrogen (secondary N) is 1. The Morgan fingerprint density at radius 3 is 2.67 bits per heavy atom. The molecule has 1 saturated heterocycles. The molecule has 156 valence electrons. The van der Waals surface area contributed by atoms with Crippen molar-refractivity contribution in [2.24, 2.45) is 0 Å². The molecule has 0 bridgehead atoms. The summed E-state index contributed by atoms with van der Waals surface area (Å²) in [6, 6.07) is 12.1. The third-order valence-corrected chi connectivity index (χ3v) is 5.45. The number of para-hydroxylation sites is 1. The van der Waals surface area contributed by atoms with Crippen LogP contribution in [-0.2, 0) is 0 Å². The summed E-state index contributed by atoms with van der Waals surface area (Å²) < 4.78 is 19.5. The molecule has 4 rings (SSSR count). The van der Waals surface area contributed by atoms with E-state index in [0.717, 1.165) is 5.56 Å². The van der Waals surface area contributed by atoms with Crippen LogP contribution < -0.4 is 9.64 Å². The Bertz CT molecular complexity index is 1050. The van der Waals surface area contributed by atoms with Gasteiger partial charge in [0, 0.05) is 31.7 Å². The van der Waals surface area contributed by atoms with Crippen molar-refractivity contribution in [1.29, 1.82) is 0 Å². The lowest BCUT2D eigenvalue weighted by Crippen LogP contribution is -2.49. The lowest BCUT2D eigenvalue weighted by atomic mass is 10.1. The molecule has 1 amide bonds. The number of H-pyrrole nitrogens is 1. The van der Waals surface area contributed by atoms with Crippen LogP contribution >= 0.6 is 11.6 Å². The van der Waals surface area contributed by atoms with E-state index in [1.54, 1.807) is 29.2 Å². The van der Waals surface area contributed by atoms with Crippen molar-refractivity contribution in [3.05, 3.63) is 65.1 Å². The normalized spacial score (nSPS) is 14.1. The third-order valence-electron chi connectivity index (χ3n) is 5.15. The Labute approximate surface area is 179 Å². The smallest absolute Gasteiger partial charge is 0.257 e. The molecule has 6 nitrogen and oxygen atoms in total. The second-order valence-corrected chi connectivity index (χ2v) is 7.37. The number of amides is 1. The van der Waals surface area contributed by atoms with Gasteiger partial charge in [0.25, 0.3) is 5.91 Å². The summed E-state index contributed by atoms with van der Waals surface area (Å²) in [5, 5.41) is 7.45. The molecule has 1 fully saturated rings. The first-order valence-corrected chi connectivity index (χ1v) is 10.2. The fourth-order valence-corrected chi connectivity index (χ4v) is 3.86. The average molecular weight is 429 g/mol. The number of piperazine rings is 1. The van der Waals surface area contributed by atoms with Crippen molar-refractivity contribution in [3.63, 3.8) is 0 Å². The van der Waals surface area contributed by atoms with E-state index >= 15 is 0 Å². The summed E-state index contributed by atoms with van der Waals surface area (Å²) in [5.74, 6) is 0.235. The molecule has 30 heavy (non-hydrogen) atoms. The number of nitrogens with zero attached hydrogens (tertiary/aromatic N) is 3. The minimum atomic E-state index is -0.248. The molecule has 1 N–H and O–H groups in total. The molecule has 3 aromatic rings. The van der Waals surface area contributed by atoms with Gasteiger partial charge in [-0.15, -0.1) is 0 Å². The van der Waals surface area contributed by atoms with Crippen LogP contribution in [0.25, 0.3) is 11.3 Å². The van der Waals surface area contributed by atoms with Crippen LogP contribution in [0.2, 0.25) is 5.02 Å². The van der Waals surface area contributed by atoms with Gasteiger partial charge in [0.15, 0.2) is 0 Å². The van der Waals surface area contributed by atoms with Crippen LogP contribution in [0, 0.1) is 5.82 Å². The summed E-state index contributed by atoms with van der Waals surface area (Å²) in [5.41, 5.74) is 2.42. The molecule has 1 aromatic heterocycles. The van der Waals surface area contributed by atoms with Crippen LogP contribution in [0.5, 0.6) is 5.75 Å². The molecule has 1 aliphatic rings. The highest BCUT2D eigenvalue weighted by Crippen LogP contribution is 2.31. The second-order valence-electron chi connectivity index (χ2n) is 6.97. The number of carbonyl (C=O) groups excluding carboxylic acids is 1. The van der Waals surface area contributed by atoms with E-state index in [9.17, 15) is 9.18 Å². The fourth-order valence-electron chi connectivity index (χ4n) is 3.63. The molecule has 0 radical (unpaired) electrons. The number of aromatic amines is 1. The molecule has 0 saturated carbocycles. The largest absolute Gasteiger partial charge is 0.492 e. The van der Waals surface area contributed by atoms with Crippen molar-refractivity contribution < 1.29 is 13.9 Å². The quantitative estimate of drug-likeness (QED) is 0.660. The molecule has 0 aliphatic carbocycles. The van der Waals surface area contributed by atoms with Gasteiger partial charge in [-0.05, 0) is 37.3 Å². The van der Waals surface area contributed by atoms with Gasteiger partial charge in [-0.3, -0.25) is 9.89 Å². The molecule has 2 heterocycles. The number of hydrogen-bond acceptors (Lipinski definition) is 4. The van der Waals surface area contributed by atoms with Gasteiger partial charge in [0.2, 0.25) is 0 Å². The second kappa shape index (κ2) is 8.75. The van der Waals surface area contributed by atoms with Gasteiger partial charge in [0.05, 0.1) is 34.8 Å². The zero-order valence-corrected chi connectivity index (χ0v) is 17.3. The number of aromatic nitrogens is 2. The number of ether oxygens (including phenoxy) is 1. The summed E-state index contributed by atoms with van der Waals surface area (Å²) in [6.07, 6.45) is 1.53. The molecule has 0 spiro atoms. The highest BCUT2D eigenvalue weighted by atomic mass is 35.5. The molecule has 8 heteroatoms. The first-order valence-electron chi connectivity index (χ1n) is 9.83. The maximum atomic E-state index is 14.0. The van der Waals surface area contributed by atoms with Gasteiger partial charge in [0.1, 0.15) is 11.6 Å². The standard InChI is InChI=1S/C22H22ClFN4O2/c1-2-30-20-8-7-15(13-17(20)23)21-16(14-25-26-21)22(29)28-11-9-27(10-12-28)19-6-4-3-5-18(19)24/h3-8,13-14H,2,9-12H2,1H3,(H,25,26). The predicted molar refractivity (Wildman–Crippen MR) is 115 cm³/mol. The number of anilines is 1. The number of benzene rings is 2. The van der Waals surface area contributed by atoms with Crippen molar-refractivity contribution >= 4 is 23.2 Å². The Morgan fingerprint density at radius 1 is 1.20 bits per heavy atom. The Balaban J connectivity index is 1.49. The van der Waals surface area contributed by atoms with Crippen molar-refractivity contribution in [2.45, 2.75) is 6.92 Å². The van der Waals surface area contributed by atoms with Crippen LogP contribution in [-0.4, -0.2) is 53.8 Å². The molecule has 1 aliphatic heterocycles. The lowest BCUT2D eigenvalue weighted by Gasteiger charge is -2.36. The number of carbonyl (C=O) groups is 1. The van der Waals surface area contributed by atoms with Crippen LogP contribution in [0.15, 0.2) is 48.7 Å². The van der Waals surface area contributed by atoms with Crippen LogP contribution in [0.4, 0.5) is 10.1 Å². The molecule has 2 aromatic carbocycles. The first kappa shape index (κ1) is 20.2. The summed E-state index contributed by atoms with van der Waals surface area (Å²) in [6.45, 7) is 4.54. The van der Waals surface area contributed by atoms with Crippen molar-refractivity contribution in [1.82, 2.24) is 15.1 Å². The van der Waals surface area contributed by atoms with Crippen molar-refractivity contribution in [3.8, 4) is 17.0 Å². The number of rotatable bonds is 5. The topological polar surface area (TPSA) is 61.5 Å². The summed E-state index contributed by atoms with van der Waals surface area (Å²) in [4.78, 5) is 16.9. The van der Waals surface area contributed by atoms with E-state index < -0.39 is 0 Å². The van der Waals surface area contributed by atoms with Crippen LogP contribution in [0.1, 0.15) is 17.3 Å². The molecule has 0 atom stereocenters. The van der Waals surface area contributed by atoms with E-state index in [0.29, 0.717) is 60.5 Å². The van der Waals surface area contributed by atoms with E-state index in [-0.39, 0.29) is 11.7 Å². The highest BCUT2D eigenvalue weighted by molar-refractivity contribution is 6.32. The monoisotopic (exact) mass is 428 g/mol. The number of halogens is 2.